The van der Waals surface area contributed by atoms with E-state index in [1.54, 1.807) is 13.4 Å². The molecule has 0 radical (unpaired) electrons. The number of nitrogens with one attached hydrogen (secondary N) is 1. The van der Waals surface area contributed by atoms with Gasteiger partial charge in [-0.3, -0.25) is 0 Å². The van der Waals surface area contributed by atoms with Crippen LogP contribution in [0.3, 0.4) is 0 Å². The summed E-state index contributed by atoms with van der Waals surface area (Å²) < 4.78 is 7.08. The molecule has 0 amide bonds. The van der Waals surface area contributed by atoms with E-state index in [4.69, 9.17) is 4.74 Å². The largest absolute Gasteiger partial charge is 0.383 e. The van der Waals surface area contributed by atoms with E-state index in [1.165, 1.54) is 0 Å². The molecule has 0 aliphatic carbocycles. The molecule has 1 aromatic rings. The molecular formula is C14H28N4O. The van der Waals surface area contributed by atoms with Crippen LogP contribution >= 0.6 is 0 Å². The summed E-state index contributed by atoms with van der Waals surface area (Å²) in [5.74, 6) is 2.20. The summed E-state index contributed by atoms with van der Waals surface area (Å²) in [7, 11) is 1.73. The van der Waals surface area contributed by atoms with E-state index in [-0.39, 0.29) is 0 Å². The minimum atomic E-state index is 0.444. The molecule has 0 saturated carbocycles. The molecule has 2 unspecified atom stereocenters. The molecule has 1 N–H and O–H groups in total. The number of nitrogens with zero attached hydrogens (tertiary/aromatic N) is 3. The van der Waals surface area contributed by atoms with E-state index in [1.807, 2.05) is 4.68 Å². The lowest BCUT2D eigenvalue weighted by Crippen LogP contribution is -2.35. The van der Waals surface area contributed by atoms with Crippen LogP contribution in [0.2, 0.25) is 0 Å². The topological polar surface area (TPSA) is 52.0 Å². The predicted octanol–water partition coefficient (Wildman–Crippen LogP) is 1.74. The quantitative estimate of drug-likeness (QED) is 0.693. The van der Waals surface area contributed by atoms with Crippen molar-refractivity contribution in [3.63, 3.8) is 0 Å². The van der Waals surface area contributed by atoms with Crippen molar-refractivity contribution < 1.29 is 4.74 Å². The van der Waals surface area contributed by atoms with Crippen LogP contribution in [-0.2, 0) is 17.7 Å². The summed E-state index contributed by atoms with van der Waals surface area (Å²) >= 11 is 0. The molecule has 5 nitrogen and oxygen atoms in total. The maximum atomic E-state index is 5.05. The number of methoxy groups -OCH3 is 1. The molecule has 0 aliphatic rings. The standard InChI is InChI=1S/C14H28N4O/c1-11(2)9-18-14(16-10-17-18)8-12(3)13(4)15-6-7-19-5/h10-13,15H,6-9H2,1-5H3. The maximum absolute atomic E-state index is 5.05. The van der Waals surface area contributed by atoms with E-state index in [9.17, 15) is 0 Å². The first-order valence-corrected chi connectivity index (χ1v) is 7.13. The molecule has 1 heterocycles. The highest BCUT2D eigenvalue weighted by Crippen LogP contribution is 2.11. The van der Waals surface area contributed by atoms with Crippen LogP contribution in [0.15, 0.2) is 6.33 Å². The summed E-state index contributed by atoms with van der Waals surface area (Å²) in [4.78, 5) is 4.39. The number of ether oxygens (including phenoxy) is 1. The molecule has 2 atom stereocenters. The molecule has 1 rings (SSSR count). The number of aromatic nitrogens is 3. The smallest absolute Gasteiger partial charge is 0.138 e. The van der Waals surface area contributed by atoms with Crippen LogP contribution in [0.4, 0.5) is 0 Å². The van der Waals surface area contributed by atoms with Crippen LogP contribution in [0.25, 0.3) is 0 Å². The van der Waals surface area contributed by atoms with E-state index in [0.29, 0.717) is 17.9 Å². The molecule has 0 bridgehead atoms. The number of hydrogen-bond donors (Lipinski definition) is 1. The fourth-order valence-corrected chi connectivity index (χ4v) is 2.00. The van der Waals surface area contributed by atoms with Crippen molar-refractivity contribution in [3.8, 4) is 0 Å². The first-order chi connectivity index (χ1) is 9.04. The van der Waals surface area contributed by atoms with Crippen molar-refractivity contribution >= 4 is 0 Å². The Labute approximate surface area is 116 Å². The Morgan fingerprint density at radius 3 is 2.68 bits per heavy atom. The van der Waals surface area contributed by atoms with Crippen LogP contribution in [0.5, 0.6) is 0 Å². The third-order valence-corrected chi connectivity index (χ3v) is 3.36. The van der Waals surface area contributed by atoms with Gasteiger partial charge in [-0.15, -0.1) is 0 Å². The van der Waals surface area contributed by atoms with Gasteiger partial charge in [0.2, 0.25) is 0 Å². The molecule has 0 aromatic carbocycles. The fourth-order valence-electron chi connectivity index (χ4n) is 2.00. The Morgan fingerprint density at radius 1 is 1.32 bits per heavy atom. The number of hydrogen-bond acceptors (Lipinski definition) is 4. The monoisotopic (exact) mass is 268 g/mol. The van der Waals surface area contributed by atoms with Gasteiger partial charge in [-0.1, -0.05) is 20.8 Å². The van der Waals surface area contributed by atoms with E-state index in [0.717, 1.165) is 31.9 Å². The van der Waals surface area contributed by atoms with Gasteiger partial charge in [0.15, 0.2) is 0 Å². The van der Waals surface area contributed by atoms with Gasteiger partial charge in [0.25, 0.3) is 0 Å². The minimum absolute atomic E-state index is 0.444. The molecule has 1 aromatic heterocycles. The van der Waals surface area contributed by atoms with Crippen molar-refractivity contribution in [3.05, 3.63) is 12.2 Å². The van der Waals surface area contributed by atoms with E-state index in [2.05, 4.69) is 43.1 Å². The second kappa shape index (κ2) is 8.27. The van der Waals surface area contributed by atoms with Gasteiger partial charge in [-0.2, -0.15) is 5.10 Å². The van der Waals surface area contributed by atoms with Crippen molar-refractivity contribution in [1.29, 1.82) is 0 Å². The lowest BCUT2D eigenvalue weighted by atomic mass is 9.99. The lowest BCUT2D eigenvalue weighted by molar-refractivity contribution is 0.192. The average Bonchev–Trinajstić information content (AvgIpc) is 2.76. The summed E-state index contributed by atoms with van der Waals surface area (Å²) in [5.41, 5.74) is 0. The zero-order valence-electron chi connectivity index (χ0n) is 12.9. The fraction of sp³-hybridized carbons (Fsp3) is 0.857. The lowest BCUT2D eigenvalue weighted by Gasteiger charge is -2.21. The zero-order valence-corrected chi connectivity index (χ0v) is 12.9. The normalized spacial score (nSPS) is 14.8. The van der Waals surface area contributed by atoms with Crippen molar-refractivity contribution in [2.45, 2.75) is 46.7 Å². The van der Waals surface area contributed by atoms with Crippen LogP contribution in [0.1, 0.15) is 33.5 Å². The molecular weight excluding hydrogens is 240 g/mol. The van der Waals surface area contributed by atoms with Gasteiger partial charge in [-0.25, -0.2) is 9.67 Å². The third kappa shape index (κ3) is 5.70. The Morgan fingerprint density at radius 2 is 2.05 bits per heavy atom. The Bertz CT molecular complexity index is 351. The van der Waals surface area contributed by atoms with Crippen LogP contribution in [0, 0.1) is 11.8 Å². The molecule has 0 spiro atoms. The van der Waals surface area contributed by atoms with Crippen LogP contribution < -0.4 is 5.32 Å². The summed E-state index contributed by atoms with van der Waals surface area (Å²) in [6, 6.07) is 0.444. The molecule has 110 valence electrons. The van der Waals surface area contributed by atoms with Gasteiger partial charge >= 0.3 is 0 Å². The van der Waals surface area contributed by atoms with Crippen molar-refractivity contribution in [2.24, 2.45) is 11.8 Å². The summed E-state index contributed by atoms with van der Waals surface area (Å²) in [6.45, 7) is 11.4. The van der Waals surface area contributed by atoms with E-state index >= 15 is 0 Å². The molecule has 5 heteroatoms. The van der Waals surface area contributed by atoms with Gasteiger partial charge in [0.05, 0.1) is 6.61 Å². The Hall–Kier alpha value is -0.940. The van der Waals surface area contributed by atoms with Gasteiger partial charge in [-0.05, 0) is 18.8 Å². The van der Waals surface area contributed by atoms with E-state index < -0.39 is 0 Å². The first-order valence-electron chi connectivity index (χ1n) is 7.13. The first kappa shape index (κ1) is 16.1. The Balaban J connectivity index is 2.47. The maximum Gasteiger partial charge on any atom is 0.138 e. The summed E-state index contributed by atoms with van der Waals surface area (Å²) in [6.07, 6.45) is 2.61. The average molecular weight is 268 g/mol. The highest BCUT2D eigenvalue weighted by atomic mass is 16.5. The molecule has 19 heavy (non-hydrogen) atoms. The Kier molecular flexibility index (Phi) is 7.02. The highest BCUT2D eigenvalue weighted by molar-refractivity contribution is 4.89. The van der Waals surface area contributed by atoms with Gasteiger partial charge in [0.1, 0.15) is 12.2 Å². The minimum Gasteiger partial charge on any atom is -0.383 e. The van der Waals surface area contributed by atoms with Crippen molar-refractivity contribution in [1.82, 2.24) is 20.1 Å². The van der Waals surface area contributed by atoms with Crippen LogP contribution in [-0.4, -0.2) is 41.1 Å². The molecule has 0 saturated heterocycles. The highest BCUT2D eigenvalue weighted by Gasteiger charge is 2.16. The molecule has 0 fully saturated rings. The van der Waals surface area contributed by atoms with Gasteiger partial charge < -0.3 is 10.1 Å². The predicted molar refractivity (Wildman–Crippen MR) is 77.1 cm³/mol. The van der Waals surface area contributed by atoms with Gasteiger partial charge in [0, 0.05) is 32.7 Å². The van der Waals surface area contributed by atoms with Crippen molar-refractivity contribution in [2.75, 3.05) is 20.3 Å². The second-order valence-corrected chi connectivity index (χ2v) is 5.67. The third-order valence-electron chi connectivity index (χ3n) is 3.36. The SMILES string of the molecule is COCCNC(C)C(C)Cc1ncnn1CC(C)C. The zero-order chi connectivity index (χ0) is 14.3. The second-order valence-electron chi connectivity index (χ2n) is 5.67. The summed E-state index contributed by atoms with van der Waals surface area (Å²) in [5, 5.41) is 7.78. The molecule has 0 aliphatic heterocycles. The number of rotatable bonds is 9.